The van der Waals surface area contributed by atoms with Gasteiger partial charge in [-0.1, -0.05) is 19.0 Å². The van der Waals surface area contributed by atoms with Crippen LogP contribution in [0.3, 0.4) is 0 Å². The molecule has 0 aliphatic carbocycles. The van der Waals surface area contributed by atoms with Gasteiger partial charge in [-0.2, -0.15) is 4.98 Å². The van der Waals surface area contributed by atoms with Gasteiger partial charge in [0, 0.05) is 13.1 Å². The van der Waals surface area contributed by atoms with Gasteiger partial charge in [-0.25, -0.2) is 4.79 Å². The van der Waals surface area contributed by atoms with Gasteiger partial charge in [0.05, 0.1) is 13.0 Å². The molecule has 1 aliphatic rings. The predicted octanol–water partition coefficient (Wildman–Crippen LogP) is 1.85. The Morgan fingerprint density at radius 1 is 1.46 bits per heavy atom. The Labute approximate surface area is 141 Å². The topological polar surface area (TPSA) is 97.6 Å². The van der Waals surface area contributed by atoms with Crippen molar-refractivity contribution < 1.29 is 18.8 Å². The summed E-state index contributed by atoms with van der Waals surface area (Å²) in [5.41, 5.74) is 0. The SMILES string of the molecule is COC(=O)N[C@@H](CC(C)C)C(=O)N1CCC[C@@H](c2nc(C)no2)C1. The molecule has 0 bridgehead atoms. The van der Waals surface area contributed by atoms with Gasteiger partial charge in [-0.3, -0.25) is 4.79 Å². The number of alkyl carbamates (subject to hydrolysis) is 1. The van der Waals surface area contributed by atoms with Gasteiger partial charge in [0.1, 0.15) is 6.04 Å². The maximum absolute atomic E-state index is 12.9. The maximum atomic E-state index is 12.9. The minimum atomic E-state index is -0.588. The zero-order valence-electron chi connectivity index (χ0n) is 14.7. The van der Waals surface area contributed by atoms with E-state index in [4.69, 9.17) is 4.52 Å². The summed E-state index contributed by atoms with van der Waals surface area (Å²) in [5.74, 6) is 1.40. The standard InChI is InChI=1S/C16H26N4O4/c1-10(2)8-13(18-16(22)23-4)15(21)20-7-5-6-12(9-20)14-17-11(3)19-24-14/h10,12-13H,5-9H2,1-4H3,(H,18,22)/t12-,13+/m1/s1. The molecule has 8 heteroatoms. The lowest BCUT2D eigenvalue weighted by Crippen LogP contribution is -2.51. The number of ether oxygens (including phenoxy) is 1. The van der Waals surface area contributed by atoms with Crippen LogP contribution < -0.4 is 5.32 Å². The number of methoxy groups -OCH3 is 1. The van der Waals surface area contributed by atoms with Gasteiger partial charge in [-0.05, 0) is 32.1 Å². The summed E-state index contributed by atoms with van der Waals surface area (Å²) in [5, 5.41) is 6.47. The van der Waals surface area contributed by atoms with Crippen molar-refractivity contribution in [2.45, 2.75) is 52.0 Å². The lowest BCUT2D eigenvalue weighted by Gasteiger charge is -2.34. The zero-order chi connectivity index (χ0) is 17.7. The van der Waals surface area contributed by atoms with E-state index in [2.05, 4.69) is 20.2 Å². The predicted molar refractivity (Wildman–Crippen MR) is 86.4 cm³/mol. The third-order valence-corrected chi connectivity index (χ3v) is 4.11. The first-order valence-electron chi connectivity index (χ1n) is 8.34. The molecule has 1 aromatic heterocycles. The number of carbonyl (C=O) groups excluding carboxylic acids is 2. The molecule has 0 unspecified atom stereocenters. The van der Waals surface area contributed by atoms with Crippen molar-refractivity contribution in [3.63, 3.8) is 0 Å². The molecule has 1 aliphatic heterocycles. The van der Waals surface area contributed by atoms with E-state index in [1.54, 1.807) is 11.8 Å². The fourth-order valence-electron chi connectivity index (χ4n) is 2.97. The Bertz CT molecular complexity index is 572. The Kier molecular flexibility index (Phi) is 6.16. The number of amides is 2. The van der Waals surface area contributed by atoms with Crippen LogP contribution in [0.4, 0.5) is 4.79 Å². The van der Waals surface area contributed by atoms with Gasteiger partial charge < -0.3 is 19.5 Å². The highest BCUT2D eigenvalue weighted by atomic mass is 16.5. The van der Waals surface area contributed by atoms with E-state index in [9.17, 15) is 9.59 Å². The summed E-state index contributed by atoms with van der Waals surface area (Å²) in [6, 6.07) is -0.583. The summed E-state index contributed by atoms with van der Waals surface area (Å²) in [6.07, 6.45) is 1.75. The molecular formula is C16H26N4O4. The molecule has 2 rings (SSSR count). The van der Waals surface area contributed by atoms with E-state index in [0.29, 0.717) is 31.2 Å². The molecular weight excluding hydrogens is 312 g/mol. The van der Waals surface area contributed by atoms with Crippen LogP contribution in [0, 0.1) is 12.8 Å². The number of rotatable bonds is 5. The molecule has 8 nitrogen and oxygen atoms in total. The van der Waals surface area contributed by atoms with Crippen LogP contribution in [-0.4, -0.2) is 53.3 Å². The van der Waals surface area contributed by atoms with E-state index >= 15 is 0 Å². The summed E-state index contributed by atoms with van der Waals surface area (Å²) < 4.78 is 9.89. The highest BCUT2D eigenvalue weighted by Gasteiger charge is 2.32. The van der Waals surface area contributed by atoms with Crippen molar-refractivity contribution in [1.29, 1.82) is 0 Å². The molecule has 1 aromatic rings. The number of nitrogens with zero attached hydrogens (tertiary/aromatic N) is 3. The minimum Gasteiger partial charge on any atom is -0.453 e. The van der Waals surface area contributed by atoms with E-state index in [-0.39, 0.29) is 17.7 Å². The van der Waals surface area contributed by atoms with Crippen LogP contribution >= 0.6 is 0 Å². The molecule has 1 N–H and O–H groups in total. The fraction of sp³-hybridized carbons (Fsp3) is 0.750. The first-order chi connectivity index (χ1) is 11.4. The summed E-state index contributed by atoms with van der Waals surface area (Å²) in [6.45, 7) is 6.99. The van der Waals surface area contributed by atoms with Crippen molar-refractivity contribution in [3.8, 4) is 0 Å². The lowest BCUT2D eigenvalue weighted by atomic mass is 9.96. The Morgan fingerprint density at radius 2 is 2.21 bits per heavy atom. The quantitative estimate of drug-likeness (QED) is 0.880. The number of hydrogen-bond acceptors (Lipinski definition) is 6. The van der Waals surface area contributed by atoms with Gasteiger partial charge in [-0.15, -0.1) is 0 Å². The number of aryl methyl sites for hydroxylation is 1. The Hall–Kier alpha value is -2.12. The van der Waals surface area contributed by atoms with Crippen LogP contribution in [0.5, 0.6) is 0 Å². The summed E-state index contributed by atoms with van der Waals surface area (Å²) in [7, 11) is 1.29. The van der Waals surface area contributed by atoms with E-state index in [0.717, 1.165) is 12.8 Å². The first kappa shape index (κ1) is 18.2. The average molecular weight is 338 g/mol. The molecule has 0 saturated carbocycles. The van der Waals surface area contributed by atoms with Crippen molar-refractivity contribution in [3.05, 3.63) is 11.7 Å². The number of carbonyl (C=O) groups is 2. The smallest absolute Gasteiger partial charge is 0.407 e. The molecule has 1 saturated heterocycles. The molecule has 24 heavy (non-hydrogen) atoms. The van der Waals surface area contributed by atoms with Crippen molar-refractivity contribution >= 4 is 12.0 Å². The highest BCUT2D eigenvalue weighted by molar-refractivity contribution is 5.85. The summed E-state index contributed by atoms with van der Waals surface area (Å²) >= 11 is 0. The summed E-state index contributed by atoms with van der Waals surface area (Å²) in [4.78, 5) is 30.5. The van der Waals surface area contributed by atoms with E-state index in [1.165, 1.54) is 7.11 Å². The van der Waals surface area contributed by atoms with Crippen molar-refractivity contribution in [2.75, 3.05) is 20.2 Å². The molecule has 2 amide bonds. The lowest BCUT2D eigenvalue weighted by molar-refractivity contribution is -0.135. The number of piperidine rings is 1. The van der Waals surface area contributed by atoms with Crippen LogP contribution in [0.2, 0.25) is 0 Å². The monoisotopic (exact) mass is 338 g/mol. The van der Waals surface area contributed by atoms with Crippen molar-refractivity contribution in [1.82, 2.24) is 20.4 Å². The molecule has 1 fully saturated rings. The Morgan fingerprint density at radius 3 is 2.79 bits per heavy atom. The normalized spacial score (nSPS) is 19.2. The van der Waals surface area contributed by atoms with Gasteiger partial charge in [0.2, 0.25) is 11.8 Å². The van der Waals surface area contributed by atoms with Crippen LogP contribution in [0.1, 0.15) is 50.7 Å². The second kappa shape index (κ2) is 8.12. The van der Waals surface area contributed by atoms with Gasteiger partial charge in [0.15, 0.2) is 5.82 Å². The van der Waals surface area contributed by atoms with E-state index < -0.39 is 12.1 Å². The molecule has 2 atom stereocenters. The third kappa shape index (κ3) is 4.69. The van der Waals surface area contributed by atoms with Gasteiger partial charge >= 0.3 is 6.09 Å². The van der Waals surface area contributed by atoms with Crippen LogP contribution in [0.15, 0.2) is 4.52 Å². The second-order valence-corrected chi connectivity index (χ2v) is 6.62. The van der Waals surface area contributed by atoms with Gasteiger partial charge in [0.25, 0.3) is 0 Å². The second-order valence-electron chi connectivity index (χ2n) is 6.62. The molecule has 0 spiro atoms. The number of hydrogen-bond donors (Lipinski definition) is 1. The van der Waals surface area contributed by atoms with Crippen LogP contribution in [0.25, 0.3) is 0 Å². The maximum Gasteiger partial charge on any atom is 0.407 e. The van der Waals surface area contributed by atoms with E-state index in [1.807, 2.05) is 13.8 Å². The molecule has 134 valence electrons. The highest BCUT2D eigenvalue weighted by Crippen LogP contribution is 2.26. The Balaban J connectivity index is 2.05. The first-order valence-corrected chi connectivity index (χ1v) is 8.34. The zero-order valence-corrected chi connectivity index (χ0v) is 14.7. The van der Waals surface area contributed by atoms with Crippen LogP contribution in [-0.2, 0) is 9.53 Å². The number of aromatic nitrogens is 2. The molecule has 0 aromatic carbocycles. The average Bonchev–Trinajstić information content (AvgIpc) is 2.99. The molecule has 0 radical (unpaired) electrons. The molecule has 2 heterocycles. The number of nitrogens with one attached hydrogen (secondary N) is 1. The third-order valence-electron chi connectivity index (χ3n) is 4.11. The fourth-order valence-corrected chi connectivity index (χ4v) is 2.97. The van der Waals surface area contributed by atoms with Crippen molar-refractivity contribution in [2.24, 2.45) is 5.92 Å². The minimum absolute atomic E-state index is 0.0433. The number of likely N-dealkylation sites (tertiary alicyclic amines) is 1. The largest absolute Gasteiger partial charge is 0.453 e.